The number of likely N-dealkylation sites (N-methyl/N-ethyl adjacent to an activating group) is 1. The van der Waals surface area contributed by atoms with E-state index in [9.17, 15) is 0 Å². The summed E-state index contributed by atoms with van der Waals surface area (Å²) in [7, 11) is 13.1. The molecule has 154 valence electrons. The quantitative estimate of drug-likeness (QED) is 0.225. The third-order valence-electron chi connectivity index (χ3n) is 3.81. The average molecular weight is 590 g/mol. The summed E-state index contributed by atoms with van der Waals surface area (Å²) in [5, 5.41) is 0. The van der Waals surface area contributed by atoms with Crippen molar-refractivity contribution >= 4 is 53.7 Å². The molecule has 0 saturated heterocycles. The van der Waals surface area contributed by atoms with E-state index < -0.39 is 20.8 Å². The molecule has 1 heterocycles. The van der Waals surface area contributed by atoms with E-state index >= 15 is 0 Å². The van der Waals surface area contributed by atoms with Gasteiger partial charge in [0.2, 0.25) is 0 Å². The summed E-state index contributed by atoms with van der Waals surface area (Å²) in [6.07, 6.45) is 3.56. The van der Waals surface area contributed by atoms with Gasteiger partial charge in [0, 0.05) is 32.8 Å². The zero-order valence-corrected chi connectivity index (χ0v) is 24.3. The van der Waals surface area contributed by atoms with E-state index in [4.69, 9.17) is 22.8 Å². The topological polar surface area (TPSA) is 27.0 Å². The molecule has 0 spiro atoms. The standard InChI is InChI=1S/C16H11BrN.C4H10N.C2H6Si.2ClH.Zr/c1-18-15-7-6-11(17)9-13(15)14-8-10-4-2-3-5-12(10)16(14)18;1-4(2,3)5;1-3-2;;;/h2-7,9,16H,1H3;5H,1-3H3;1-2H3;2*1H;/q2*-1;;;;+4/p-2. The van der Waals surface area contributed by atoms with Crippen LogP contribution in [0.15, 0.2) is 46.9 Å². The first-order valence-electron chi connectivity index (χ1n) is 9.14. The fraction of sp³-hybridized carbons (Fsp3) is 0.364. The molecule has 2 radical (unpaired) electrons. The summed E-state index contributed by atoms with van der Waals surface area (Å²) >= 11 is 2.73. The van der Waals surface area contributed by atoms with E-state index in [2.05, 4.69) is 89.5 Å². The summed E-state index contributed by atoms with van der Waals surface area (Å²) in [6.45, 7) is 9.87. The van der Waals surface area contributed by atoms with Gasteiger partial charge >= 0.3 is 37.9 Å². The second-order valence-corrected chi connectivity index (χ2v) is 13.3. The number of hydrogen-bond acceptors (Lipinski definition) is 1. The molecule has 7 heteroatoms. The molecule has 1 aliphatic carbocycles. The van der Waals surface area contributed by atoms with E-state index in [0.29, 0.717) is 6.04 Å². The van der Waals surface area contributed by atoms with Crippen LogP contribution in [-0.2, 0) is 20.8 Å². The van der Waals surface area contributed by atoms with Crippen LogP contribution in [0.2, 0.25) is 13.1 Å². The Morgan fingerprint density at radius 1 is 1.14 bits per heavy atom. The number of hydrogen-bond donors (Lipinski definition) is 0. The summed E-state index contributed by atoms with van der Waals surface area (Å²) in [5.74, 6) is 0. The molecule has 29 heavy (non-hydrogen) atoms. The maximum absolute atomic E-state index is 6.94. The van der Waals surface area contributed by atoms with Gasteiger partial charge in [0.15, 0.2) is 0 Å². The Morgan fingerprint density at radius 2 is 1.66 bits per heavy atom. The summed E-state index contributed by atoms with van der Waals surface area (Å²) < 4.78 is 1.13. The van der Waals surface area contributed by atoms with Gasteiger partial charge in [0.1, 0.15) is 0 Å². The molecule has 2 aromatic carbocycles. The van der Waals surface area contributed by atoms with Crippen molar-refractivity contribution < 1.29 is 20.8 Å². The first-order valence-corrected chi connectivity index (χ1v) is 18.3. The predicted molar refractivity (Wildman–Crippen MR) is 131 cm³/mol. The van der Waals surface area contributed by atoms with Crippen molar-refractivity contribution in [1.29, 1.82) is 0 Å². The molecule has 0 aromatic heterocycles. The molecule has 1 atom stereocenters. The molecule has 1 N–H and O–H groups in total. The molecule has 1 aliphatic heterocycles. The van der Waals surface area contributed by atoms with Crippen LogP contribution < -0.4 is 4.90 Å². The van der Waals surface area contributed by atoms with Crippen LogP contribution in [0, 0.1) is 6.08 Å². The Balaban J connectivity index is 0.000000323. The summed E-state index contributed by atoms with van der Waals surface area (Å²) in [5.41, 5.74) is 13.2. The maximum atomic E-state index is 6.94. The van der Waals surface area contributed by atoms with Gasteiger partial charge in [-0.05, 0) is 12.1 Å². The van der Waals surface area contributed by atoms with Crippen LogP contribution in [-0.4, -0.2) is 22.1 Å². The van der Waals surface area contributed by atoms with Gasteiger partial charge in [0.25, 0.3) is 0 Å². The Kier molecular flexibility index (Phi) is 12.0. The molecule has 2 nitrogen and oxygen atoms in total. The molecule has 0 fully saturated rings. The van der Waals surface area contributed by atoms with Gasteiger partial charge in [-0.25, -0.2) is 0 Å². The van der Waals surface area contributed by atoms with Crippen molar-refractivity contribution in [3.63, 3.8) is 0 Å². The zero-order valence-electron chi connectivity index (χ0n) is 17.7. The number of nitrogens with zero attached hydrogens (tertiary/aromatic N) is 1. The minimum absolute atomic E-state index is 0.250. The van der Waals surface area contributed by atoms with Crippen LogP contribution in [0.1, 0.15) is 43.5 Å². The predicted octanol–water partition coefficient (Wildman–Crippen LogP) is 8.19. The molecule has 0 bridgehead atoms. The molecule has 1 unspecified atom stereocenters. The normalized spacial score (nSPS) is 15.0. The Morgan fingerprint density at radius 3 is 2.21 bits per heavy atom. The summed E-state index contributed by atoms with van der Waals surface area (Å²) in [4.78, 5) is 2.34. The number of benzene rings is 2. The third kappa shape index (κ3) is 8.27. The number of fused-ring (bicyclic) bond motifs is 5. The SMILES string of the molecule is CC(C)(C)[NH-].CN1c2ccc(Br)cc2C2=[C-]c3ccccc3C21.C[Si]C.[Cl][Zr+2][Cl]. The van der Waals surface area contributed by atoms with Crippen molar-refractivity contribution in [1.82, 2.24) is 0 Å². The molecule has 0 amide bonds. The van der Waals surface area contributed by atoms with Gasteiger partial charge in [-0.15, -0.1) is 34.9 Å². The van der Waals surface area contributed by atoms with Gasteiger partial charge < -0.3 is 10.6 Å². The van der Waals surface area contributed by atoms with Crippen LogP contribution in [0.3, 0.4) is 0 Å². The van der Waals surface area contributed by atoms with E-state index in [1.54, 1.807) is 0 Å². The van der Waals surface area contributed by atoms with Gasteiger partial charge in [0.05, 0.1) is 0 Å². The van der Waals surface area contributed by atoms with Crippen LogP contribution in [0.25, 0.3) is 11.3 Å². The van der Waals surface area contributed by atoms with Crippen LogP contribution >= 0.6 is 33.0 Å². The summed E-state index contributed by atoms with van der Waals surface area (Å²) in [6, 6.07) is 15.3. The fourth-order valence-corrected chi connectivity index (χ4v) is 3.37. The van der Waals surface area contributed by atoms with Crippen molar-refractivity contribution in [3.8, 4) is 0 Å². The van der Waals surface area contributed by atoms with Crippen molar-refractivity contribution in [3.05, 3.63) is 75.4 Å². The number of rotatable bonds is 0. The Bertz CT molecular complexity index is 817. The van der Waals surface area contributed by atoms with Crippen molar-refractivity contribution in [2.45, 2.75) is 45.4 Å². The second kappa shape index (κ2) is 12.8. The number of anilines is 1. The number of halogens is 3. The van der Waals surface area contributed by atoms with Gasteiger partial charge in [-0.2, -0.15) is 0 Å². The second-order valence-electron chi connectivity index (χ2n) is 7.62. The molecule has 2 aliphatic rings. The Labute approximate surface area is 205 Å². The average Bonchev–Trinajstić information content (AvgIpc) is 3.11. The van der Waals surface area contributed by atoms with E-state index in [0.717, 1.165) is 14.0 Å². The molecule has 2 aromatic rings. The fourth-order valence-electron chi connectivity index (χ4n) is 3.01. The number of nitrogens with one attached hydrogen (secondary N) is 1. The molecular weight excluding hydrogens is 562 g/mol. The van der Waals surface area contributed by atoms with Gasteiger partial charge in [-0.1, -0.05) is 79.1 Å². The molecular formula is C22H27BrCl2N2SiZr. The zero-order chi connectivity index (χ0) is 22.2. The first-order chi connectivity index (χ1) is 13.6. The van der Waals surface area contributed by atoms with Gasteiger partial charge in [-0.3, -0.25) is 0 Å². The van der Waals surface area contributed by atoms with E-state index in [-0.39, 0.29) is 5.54 Å². The van der Waals surface area contributed by atoms with Crippen molar-refractivity contribution in [2.24, 2.45) is 0 Å². The molecule has 0 saturated carbocycles. The van der Waals surface area contributed by atoms with E-state index in [1.807, 2.05) is 20.8 Å². The van der Waals surface area contributed by atoms with Crippen LogP contribution in [0.5, 0.6) is 0 Å². The Hall–Kier alpha value is 0.100. The third-order valence-corrected chi connectivity index (χ3v) is 4.31. The van der Waals surface area contributed by atoms with E-state index in [1.165, 1.54) is 28.0 Å². The van der Waals surface area contributed by atoms with Crippen LogP contribution in [0.4, 0.5) is 5.69 Å². The molecule has 4 rings (SSSR count). The monoisotopic (exact) mass is 586 g/mol. The minimum atomic E-state index is -0.826. The first kappa shape index (κ1) is 27.1. The van der Waals surface area contributed by atoms with Crippen molar-refractivity contribution in [2.75, 3.05) is 11.9 Å².